The molecule has 0 aromatic heterocycles. The van der Waals surface area contributed by atoms with Gasteiger partial charge in [0, 0.05) is 19.6 Å². The predicted octanol–water partition coefficient (Wildman–Crippen LogP) is -0.232. The van der Waals surface area contributed by atoms with Gasteiger partial charge >= 0.3 is 0 Å². The molecule has 132 valence electrons. The third kappa shape index (κ3) is 3.38. The Labute approximate surface area is 135 Å². The van der Waals surface area contributed by atoms with Crippen LogP contribution in [0.3, 0.4) is 0 Å². The van der Waals surface area contributed by atoms with Gasteiger partial charge in [-0.25, -0.2) is 12.8 Å². The standard InChI is InChI=1S/C14H23FN2O5S/c1-23(19,20)17-6-7-21-11-13(10-17)9-16(5-8-22-13)12(18)14(15)3-2-4-14/h2-11H2,1H3. The third-order valence-corrected chi connectivity index (χ3v) is 6.10. The van der Waals surface area contributed by atoms with Gasteiger partial charge < -0.3 is 14.4 Å². The second-order valence-corrected chi connectivity index (χ2v) is 8.71. The highest BCUT2D eigenvalue weighted by Crippen LogP contribution is 2.38. The van der Waals surface area contributed by atoms with Crippen molar-refractivity contribution in [1.82, 2.24) is 9.21 Å². The largest absolute Gasteiger partial charge is 0.377 e. The molecule has 1 atom stereocenters. The molecule has 1 saturated carbocycles. The van der Waals surface area contributed by atoms with E-state index in [1.807, 2.05) is 0 Å². The van der Waals surface area contributed by atoms with Gasteiger partial charge in [-0.15, -0.1) is 0 Å². The SMILES string of the molecule is CS(=O)(=O)N1CCOCC2(CN(C(=O)C3(F)CCC3)CCO2)C1. The average molecular weight is 350 g/mol. The van der Waals surface area contributed by atoms with E-state index in [-0.39, 0.29) is 52.3 Å². The smallest absolute Gasteiger partial charge is 0.260 e. The molecule has 0 bridgehead atoms. The lowest BCUT2D eigenvalue weighted by Crippen LogP contribution is -2.63. The number of hydrogen-bond acceptors (Lipinski definition) is 5. The van der Waals surface area contributed by atoms with Gasteiger partial charge in [0.15, 0.2) is 5.67 Å². The molecule has 2 heterocycles. The van der Waals surface area contributed by atoms with E-state index in [0.717, 1.165) is 12.7 Å². The lowest BCUT2D eigenvalue weighted by molar-refractivity contribution is -0.173. The number of alkyl halides is 1. The van der Waals surface area contributed by atoms with Crippen LogP contribution in [0.5, 0.6) is 0 Å². The monoisotopic (exact) mass is 350 g/mol. The van der Waals surface area contributed by atoms with Gasteiger partial charge in [-0.2, -0.15) is 4.31 Å². The van der Waals surface area contributed by atoms with E-state index in [1.165, 1.54) is 9.21 Å². The summed E-state index contributed by atoms with van der Waals surface area (Å²) in [5, 5.41) is 0. The Bertz CT molecular complexity index is 580. The summed E-state index contributed by atoms with van der Waals surface area (Å²) >= 11 is 0. The first-order chi connectivity index (χ1) is 10.7. The fraction of sp³-hybridized carbons (Fsp3) is 0.929. The van der Waals surface area contributed by atoms with Crippen molar-refractivity contribution < 1.29 is 27.1 Å². The molecule has 0 radical (unpaired) electrons. The lowest BCUT2D eigenvalue weighted by Gasteiger charge is -2.45. The Balaban J connectivity index is 1.76. The Morgan fingerprint density at radius 1 is 1.17 bits per heavy atom. The van der Waals surface area contributed by atoms with E-state index >= 15 is 0 Å². The molecule has 3 fully saturated rings. The van der Waals surface area contributed by atoms with Crippen LogP contribution in [-0.4, -0.2) is 87.1 Å². The average Bonchev–Trinajstić information content (AvgIpc) is 2.66. The minimum Gasteiger partial charge on any atom is -0.377 e. The number of hydrogen-bond donors (Lipinski definition) is 0. The molecule has 2 saturated heterocycles. The topological polar surface area (TPSA) is 76.2 Å². The van der Waals surface area contributed by atoms with Gasteiger partial charge in [0.05, 0.1) is 32.6 Å². The van der Waals surface area contributed by atoms with Gasteiger partial charge in [-0.3, -0.25) is 4.79 Å². The van der Waals surface area contributed by atoms with Crippen LogP contribution in [0.25, 0.3) is 0 Å². The van der Waals surface area contributed by atoms with Crippen LogP contribution in [-0.2, 0) is 24.3 Å². The summed E-state index contributed by atoms with van der Waals surface area (Å²) in [6.45, 7) is 1.58. The maximum Gasteiger partial charge on any atom is 0.260 e. The first kappa shape index (κ1) is 17.1. The van der Waals surface area contributed by atoms with Crippen molar-refractivity contribution in [3.63, 3.8) is 0 Å². The van der Waals surface area contributed by atoms with E-state index in [9.17, 15) is 17.6 Å². The molecule has 1 amide bonds. The molecule has 1 aliphatic carbocycles. The molecule has 7 nitrogen and oxygen atoms in total. The van der Waals surface area contributed by atoms with E-state index in [1.54, 1.807) is 0 Å². The van der Waals surface area contributed by atoms with Crippen LogP contribution in [0.2, 0.25) is 0 Å². The van der Waals surface area contributed by atoms with Crippen LogP contribution in [0, 0.1) is 0 Å². The summed E-state index contributed by atoms with van der Waals surface area (Å²) in [6.07, 6.45) is 2.40. The number of carbonyl (C=O) groups is 1. The maximum absolute atomic E-state index is 14.4. The number of nitrogens with zero attached hydrogens (tertiary/aromatic N) is 2. The first-order valence-electron chi connectivity index (χ1n) is 7.89. The highest BCUT2D eigenvalue weighted by Gasteiger charge is 2.50. The van der Waals surface area contributed by atoms with Crippen molar-refractivity contribution in [2.24, 2.45) is 0 Å². The normalized spacial score (nSPS) is 32.3. The number of rotatable bonds is 2. The molecule has 0 N–H and O–H groups in total. The highest BCUT2D eigenvalue weighted by molar-refractivity contribution is 7.88. The van der Waals surface area contributed by atoms with Crippen molar-refractivity contribution in [2.45, 2.75) is 30.5 Å². The summed E-state index contributed by atoms with van der Waals surface area (Å²) in [5.41, 5.74) is -2.67. The molecule has 0 aromatic rings. The first-order valence-corrected chi connectivity index (χ1v) is 9.74. The second-order valence-electron chi connectivity index (χ2n) is 6.73. The van der Waals surface area contributed by atoms with Gasteiger partial charge in [0.1, 0.15) is 5.60 Å². The van der Waals surface area contributed by atoms with Crippen LogP contribution in [0.1, 0.15) is 19.3 Å². The fourth-order valence-corrected chi connectivity index (χ4v) is 4.22. The molecule has 9 heteroatoms. The summed E-state index contributed by atoms with van der Waals surface area (Å²) < 4.78 is 50.8. The van der Waals surface area contributed by atoms with Crippen molar-refractivity contribution in [3.05, 3.63) is 0 Å². The zero-order valence-electron chi connectivity index (χ0n) is 13.3. The summed E-state index contributed by atoms with van der Waals surface area (Å²) in [7, 11) is -3.39. The Morgan fingerprint density at radius 3 is 2.52 bits per heavy atom. The van der Waals surface area contributed by atoms with Crippen LogP contribution >= 0.6 is 0 Å². The van der Waals surface area contributed by atoms with E-state index in [0.29, 0.717) is 6.54 Å². The summed E-state index contributed by atoms with van der Waals surface area (Å²) in [5.74, 6) is -0.499. The minimum absolute atomic E-state index is 0.120. The molecule has 3 aliphatic rings. The zero-order valence-corrected chi connectivity index (χ0v) is 14.1. The summed E-state index contributed by atoms with van der Waals surface area (Å²) in [4.78, 5) is 13.9. The molecule has 1 spiro atoms. The Hall–Kier alpha value is -0.770. The maximum atomic E-state index is 14.4. The Kier molecular flexibility index (Phi) is 4.41. The van der Waals surface area contributed by atoms with Crippen molar-refractivity contribution >= 4 is 15.9 Å². The molecule has 0 aromatic carbocycles. The molecular formula is C14H23FN2O5S. The van der Waals surface area contributed by atoms with Crippen LogP contribution in [0.4, 0.5) is 4.39 Å². The van der Waals surface area contributed by atoms with E-state index in [2.05, 4.69) is 0 Å². The molecule has 3 rings (SSSR count). The van der Waals surface area contributed by atoms with Crippen molar-refractivity contribution in [2.75, 3.05) is 52.3 Å². The van der Waals surface area contributed by atoms with Crippen molar-refractivity contribution in [3.8, 4) is 0 Å². The van der Waals surface area contributed by atoms with Gasteiger partial charge in [-0.05, 0) is 19.3 Å². The minimum atomic E-state index is -3.39. The number of sulfonamides is 1. The van der Waals surface area contributed by atoms with Crippen molar-refractivity contribution in [1.29, 1.82) is 0 Å². The zero-order chi connectivity index (χ0) is 16.7. The van der Waals surface area contributed by atoms with E-state index < -0.39 is 27.2 Å². The molecular weight excluding hydrogens is 327 g/mol. The number of carbonyl (C=O) groups excluding carboxylic acids is 1. The summed E-state index contributed by atoms with van der Waals surface area (Å²) in [6, 6.07) is 0. The molecule has 2 aliphatic heterocycles. The van der Waals surface area contributed by atoms with Gasteiger partial charge in [0.2, 0.25) is 10.0 Å². The Morgan fingerprint density at radius 2 is 1.91 bits per heavy atom. The van der Waals surface area contributed by atoms with Gasteiger partial charge in [0.25, 0.3) is 5.91 Å². The quantitative estimate of drug-likeness (QED) is 0.688. The van der Waals surface area contributed by atoms with Crippen LogP contribution < -0.4 is 0 Å². The lowest BCUT2D eigenvalue weighted by atomic mass is 9.80. The second kappa shape index (κ2) is 5.94. The van der Waals surface area contributed by atoms with Crippen LogP contribution in [0.15, 0.2) is 0 Å². The number of amides is 1. The highest BCUT2D eigenvalue weighted by atomic mass is 32.2. The van der Waals surface area contributed by atoms with Gasteiger partial charge in [-0.1, -0.05) is 0 Å². The number of morpholine rings is 1. The number of halogens is 1. The third-order valence-electron chi connectivity index (χ3n) is 4.85. The predicted molar refractivity (Wildman–Crippen MR) is 80.2 cm³/mol. The molecule has 23 heavy (non-hydrogen) atoms. The van der Waals surface area contributed by atoms with E-state index in [4.69, 9.17) is 9.47 Å². The number of ether oxygens (including phenoxy) is 2. The molecule has 1 unspecified atom stereocenters. The fourth-order valence-electron chi connectivity index (χ4n) is 3.34.